The molecule has 18 heavy (non-hydrogen) atoms. The highest BCUT2D eigenvalue weighted by molar-refractivity contribution is 5.90. The Morgan fingerprint density at radius 2 is 2.17 bits per heavy atom. The van der Waals surface area contributed by atoms with Gasteiger partial charge in [0.2, 0.25) is 0 Å². The average Bonchev–Trinajstić information content (AvgIpc) is 2.94. The molecule has 1 aromatic carbocycles. The number of rotatable bonds is 2. The van der Waals surface area contributed by atoms with Gasteiger partial charge in [-0.15, -0.1) is 0 Å². The molecule has 1 aromatic rings. The van der Waals surface area contributed by atoms with E-state index in [0.29, 0.717) is 17.2 Å². The molecule has 3 nitrogen and oxygen atoms in total. The van der Waals surface area contributed by atoms with E-state index in [1.807, 2.05) is 13.0 Å². The molecule has 2 bridgehead atoms. The van der Waals surface area contributed by atoms with Crippen LogP contribution in [0.5, 0.6) is 0 Å². The molecule has 0 aromatic heterocycles. The minimum Gasteiger partial charge on any atom is -0.458 e. The van der Waals surface area contributed by atoms with E-state index in [-0.39, 0.29) is 12.1 Å². The van der Waals surface area contributed by atoms with Crippen LogP contribution in [-0.4, -0.2) is 12.1 Å². The normalized spacial score (nSPS) is 29.5. The first-order valence-corrected chi connectivity index (χ1v) is 6.70. The van der Waals surface area contributed by atoms with Gasteiger partial charge in [-0.05, 0) is 68.2 Å². The fraction of sp³-hybridized carbons (Fsp3) is 0.533. The lowest BCUT2D eigenvalue weighted by Gasteiger charge is -2.22. The standard InChI is InChI=1S/C15H19NO2/c1-9-6-12(4-5-13(9)16)15(17)18-14-8-10-2-3-11(14)7-10/h4-6,10-11,14H,2-3,7-8,16H2,1H3. The zero-order chi connectivity index (χ0) is 12.7. The summed E-state index contributed by atoms with van der Waals surface area (Å²) in [7, 11) is 0. The van der Waals surface area contributed by atoms with Gasteiger partial charge in [0.15, 0.2) is 0 Å². The van der Waals surface area contributed by atoms with E-state index in [4.69, 9.17) is 10.5 Å². The molecule has 0 aliphatic heterocycles. The molecular formula is C15H19NO2. The lowest BCUT2D eigenvalue weighted by Crippen LogP contribution is -2.24. The Morgan fingerprint density at radius 1 is 1.33 bits per heavy atom. The van der Waals surface area contributed by atoms with E-state index in [2.05, 4.69) is 0 Å². The number of esters is 1. The first-order valence-electron chi connectivity index (χ1n) is 6.70. The molecule has 3 heteroatoms. The first-order chi connectivity index (χ1) is 8.63. The van der Waals surface area contributed by atoms with Gasteiger partial charge in [0.05, 0.1) is 5.56 Å². The number of fused-ring (bicyclic) bond motifs is 2. The number of ether oxygens (including phenoxy) is 1. The molecule has 3 unspecified atom stereocenters. The van der Waals surface area contributed by atoms with E-state index < -0.39 is 0 Å². The minimum absolute atomic E-state index is 0.147. The lowest BCUT2D eigenvalue weighted by molar-refractivity contribution is 0.0158. The van der Waals surface area contributed by atoms with Crippen LogP contribution in [0.3, 0.4) is 0 Å². The highest BCUT2D eigenvalue weighted by Gasteiger charge is 2.41. The van der Waals surface area contributed by atoms with Gasteiger partial charge in [-0.1, -0.05) is 0 Å². The predicted octanol–water partition coefficient (Wildman–Crippen LogP) is 2.92. The first kappa shape index (κ1) is 11.6. The molecule has 0 spiro atoms. The zero-order valence-corrected chi connectivity index (χ0v) is 10.7. The number of nitrogens with two attached hydrogens (primary N) is 1. The Labute approximate surface area is 107 Å². The smallest absolute Gasteiger partial charge is 0.338 e. The van der Waals surface area contributed by atoms with Crippen molar-refractivity contribution in [1.29, 1.82) is 0 Å². The number of anilines is 1. The molecule has 0 heterocycles. The highest BCUT2D eigenvalue weighted by atomic mass is 16.5. The maximum atomic E-state index is 12.1. The van der Waals surface area contributed by atoms with Crippen LogP contribution in [0.15, 0.2) is 18.2 Å². The van der Waals surface area contributed by atoms with Crippen molar-refractivity contribution in [2.24, 2.45) is 11.8 Å². The van der Waals surface area contributed by atoms with E-state index in [1.54, 1.807) is 12.1 Å². The fourth-order valence-corrected chi connectivity index (χ4v) is 3.34. The second kappa shape index (κ2) is 4.30. The van der Waals surface area contributed by atoms with E-state index in [1.165, 1.54) is 19.3 Å². The molecule has 0 saturated heterocycles. The summed E-state index contributed by atoms with van der Waals surface area (Å²) in [6, 6.07) is 5.33. The topological polar surface area (TPSA) is 52.3 Å². The second-order valence-corrected chi connectivity index (χ2v) is 5.69. The number of hydrogen-bond acceptors (Lipinski definition) is 3. The van der Waals surface area contributed by atoms with Gasteiger partial charge in [-0.3, -0.25) is 0 Å². The summed E-state index contributed by atoms with van der Waals surface area (Å²) in [6.45, 7) is 1.91. The Balaban J connectivity index is 1.69. The van der Waals surface area contributed by atoms with Crippen molar-refractivity contribution in [2.75, 3.05) is 5.73 Å². The Hall–Kier alpha value is -1.51. The summed E-state index contributed by atoms with van der Waals surface area (Å²) < 4.78 is 5.65. The molecule has 2 aliphatic carbocycles. The third-order valence-corrected chi connectivity index (χ3v) is 4.44. The number of aryl methyl sites for hydroxylation is 1. The highest BCUT2D eigenvalue weighted by Crippen LogP contribution is 2.46. The maximum absolute atomic E-state index is 12.1. The van der Waals surface area contributed by atoms with Crippen LogP contribution in [0.4, 0.5) is 5.69 Å². The largest absolute Gasteiger partial charge is 0.458 e. The number of carbonyl (C=O) groups excluding carboxylic acids is 1. The van der Waals surface area contributed by atoms with Crippen LogP contribution in [0, 0.1) is 18.8 Å². The number of carbonyl (C=O) groups is 1. The van der Waals surface area contributed by atoms with Crippen molar-refractivity contribution in [1.82, 2.24) is 0 Å². The van der Waals surface area contributed by atoms with Gasteiger partial charge in [0.25, 0.3) is 0 Å². The predicted molar refractivity (Wildman–Crippen MR) is 70.2 cm³/mol. The molecule has 2 aliphatic rings. The van der Waals surface area contributed by atoms with Gasteiger partial charge in [-0.2, -0.15) is 0 Å². The van der Waals surface area contributed by atoms with Gasteiger partial charge in [0.1, 0.15) is 6.10 Å². The van der Waals surface area contributed by atoms with Crippen LogP contribution < -0.4 is 5.73 Å². The van der Waals surface area contributed by atoms with Crippen LogP contribution in [0.1, 0.15) is 41.6 Å². The van der Waals surface area contributed by atoms with Crippen molar-refractivity contribution in [3.8, 4) is 0 Å². The molecular weight excluding hydrogens is 226 g/mol. The van der Waals surface area contributed by atoms with E-state index in [9.17, 15) is 4.79 Å². The van der Waals surface area contributed by atoms with Crippen LogP contribution >= 0.6 is 0 Å². The summed E-state index contributed by atoms with van der Waals surface area (Å²) in [5.41, 5.74) is 8.01. The van der Waals surface area contributed by atoms with Crippen molar-refractivity contribution < 1.29 is 9.53 Å². The van der Waals surface area contributed by atoms with Gasteiger partial charge in [0, 0.05) is 5.69 Å². The maximum Gasteiger partial charge on any atom is 0.338 e. The third kappa shape index (κ3) is 1.98. The SMILES string of the molecule is Cc1cc(C(=O)OC2CC3CCC2C3)ccc1N. The molecule has 3 rings (SSSR count). The van der Waals surface area contributed by atoms with Gasteiger partial charge >= 0.3 is 5.97 Å². The molecule has 2 N–H and O–H groups in total. The molecule has 96 valence electrons. The van der Waals surface area contributed by atoms with E-state index in [0.717, 1.165) is 17.9 Å². The van der Waals surface area contributed by atoms with Crippen molar-refractivity contribution in [3.63, 3.8) is 0 Å². The summed E-state index contributed by atoms with van der Waals surface area (Å²) in [5, 5.41) is 0. The van der Waals surface area contributed by atoms with Crippen LogP contribution in [0.2, 0.25) is 0 Å². The molecule has 2 saturated carbocycles. The summed E-state index contributed by atoms with van der Waals surface area (Å²) in [5.74, 6) is 1.20. The Kier molecular flexibility index (Phi) is 2.77. The summed E-state index contributed by atoms with van der Waals surface area (Å²) in [4.78, 5) is 12.1. The summed E-state index contributed by atoms with van der Waals surface area (Å²) >= 11 is 0. The van der Waals surface area contributed by atoms with Gasteiger partial charge < -0.3 is 10.5 Å². The zero-order valence-electron chi connectivity index (χ0n) is 10.7. The number of nitrogen functional groups attached to an aromatic ring is 1. The lowest BCUT2D eigenvalue weighted by atomic mass is 9.97. The average molecular weight is 245 g/mol. The molecule has 2 fully saturated rings. The van der Waals surface area contributed by atoms with Crippen molar-refractivity contribution in [3.05, 3.63) is 29.3 Å². The second-order valence-electron chi connectivity index (χ2n) is 5.69. The number of benzene rings is 1. The van der Waals surface area contributed by atoms with Crippen LogP contribution in [0.25, 0.3) is 0 Å². The van der Waals surface area contributed by atoms with E-state index >= 15 is 0 Å². The van der Waals surface area contributed by atoms with Crippen LogP contribution in [-0.2, 0) is 4.74 Å². The van der Waals surface area contributed by atoms with Crippen molar-refractivity contribution >= 4 is 11.7 Å². The number of hydrogen-bond donors (Lipinski definition) is 1. The molecule has 0 radical (unpaired) electrons. The summed E-state index contributed by atoms with van der Waals surface area (Å²) in [6.07, 6.45) is 5.00. The monoisotopic (exact) mass is 245 g/mol. The Morgan fingerprint density at radius 3 is 2.78 bits per heavy atom. The minimum atomic E-state index is -0.198. The third-order valence-electron chi connectivity index (χ3n) is 4.44. The molecule has 3 atom stereocenters. The quantitative estimate of drug-likeness (QED) is 0.644. The van der Waals surface area contributed by atoms with Gasteiger partial charge in [-0.25, -0.2) is 4.79 Å². The van der Waals surface area contributed by atoms with Crippen molar-refractivity contribution in [2.45, 2.75) is 38.7 Å². The molecule has 0 amide bonds. The fourth-order valence-electron chi connectivity index (χ4n) is 3.34. The Bertz CT molecular complexity index is 483.